The first kappa shape index (κ1) is 14.0. The monoisotopic (exact) mass is 274 g/mol. The third-order valence-electron chi connectivity index (χ3n) is 2.79. The zero-order valence-corrected chi connectivity index (χ0v) is 11.2. The molecule has 1 aromatic carbocycles. The predicted octanol–water partition coefficient (Wildman–Crippen LogP) is 2.38. The number of nitrogen functional groups attached to an aromatic ring is 1. The number of amides is 1. The summed E-state index contributed by atoms with van der Waals surface area (Å²) in [5.41, 5.74) is 4.36. The maximum Gasteiger partial charge on any atom is 0.255 e. The van der Waals surface area contributed by atoms with E-state index >= 15 is 0 Å². The first-order valence-electron chi connectivity index (χ1n) is 6.02. The minimum absolute atomic E-state index is 0.352. The molecule has 4 N–H and O–H groups in total. The summed E-state index contributed by atoms with van der Waals surface area (Å²) in [7, 11) is 0. The lowest BCUT2D eigenvalue weighted by atomic mass is 10.2. The molecule has 5 nitrogen and oxygen atoms in total. The quantitative estimate of drug-likeness (QED) is 0.593. The highest BCUT2D eigenvalue weighted by molar-refractivity contribution is 6.04. The lowest BCUT2D eigenvalue weighted by molar-refractivity contribution is 0.102. The molecule has 2 aromatic rings. The van der Waals surface area contributed by atoms with E-state index in [9.17, 15) is 9.18 Å². The summed E-state index contributed by atoms with van der Waals surface area (Å²) in [5, 5.41) is 2.63. The maximum absolute atomic E-state index is 13.4. The molecule has 1 aromatic heterocycles. The Morgan fingerprint density at radius 3 is 2.65 bits per heavy atom. The third-order valence-corrected chi connectivity index (χ3v) is 2.79. The van der Waals surface area contributed by atoms with Crippen molar-refractivity contribution in [3.63, 3.8) is 0 Å². The molecule has 0 unspecified atom stereocenters. The fourth-order valence-corrected chi connectivity index (χ4v) is 1.75. The van der Waals surface area contributed by atoms with Crippen LogP contribution in [0.15, 0.2) is 30.3 Å². The fraction of sp³-hybridized carbons (Fsp3) is 0.143. The van der Waals surface area contributed by atoms with Crippen LogP contribution in [0.4, 0.5) is 15.9 Å². The van der Waals surface area contributed by atoms with E-state index in [1.54, 1.807) is 32.0 Å². The number of nitrogens with two attached hydrogens (primary N) is 1. The van der Waals surface area contributed by atoms with Crippen molar-refractivity contribution in [3.8, 4) is 0 Å². The average molecular weight is 274 g/mol. The van der Waals surface area contributed by atoms with Crippen molar-refractivity contribution in [2.45, 2.75) is 13.8 Å². The van der Waals surface area contributed by atoms with Gasteiger partial charge in [0.05, 0.1) is 0 Å². The van der Waals surface area contributed by atoms with Crippen LogP contribution in [0.5, 0.6) is 0 Å². The normalized spacial score (nSPS) is 10.2. The number of benzene rings is 1. The predicted molar refractivity (Wildman–Crippen MR) is 75.9 cm³/mol. The number of hydrogen-bond donors (Lipinski definition) is 3. The van der Waals surface area contributed by atoms with E-state index in [4.69, 9.17) is 5.84 Å². The van der Waals surface area contributed by atoms with Crippen molar-refractivity contribution in [1.82, 2.24) is 4.98 Å². The number of anilines is 2. The van der Waals surface area contributed by atoms with Crippen LogP contribution >= 0.6 is 0 Å². The van der Waals surface area contributed by atoms with Gasteiger partial charge in [-0.2, -0.15) is 0 Å². The Hall–Kier alpha value is -2.47. The molecule has 2 rings (SSSR count). The van der Waals surface area contributed by atoms with E-state index in [-0.39, 0.29) is 11.7 Å². The van der Waals surface area contributed by atoms with Crippen molar-refractivity contribution >= 4 is 17.4 Å². The van der Waals surface area contributed by atoms with Gasteiger partial charge in [-0.25, -0.2) is 15.2 Å². The van der Waals surface area contributed by atoms with Crippen LogP contribution in [0.25, 0.3) is 0 Å². The molecule has 104 valence electrons. The van der Waals surface area contributed by atoms with Gasteiger partial charge in [-0.3, -0.25) is 4.79 Å². The fourth-order valence-electron chi connectivity index (χ4n) is 1.75. The standard InChI is InChI=1S/C14H15FN4O/c1-8-3-4-11(7-12(8)15)18-14(20)10-5-9(2)17-13(6-10)19-16/h3-7H,16H2,1-2H3,(H,17,19)(H,18,20). The van der Waals surface area contributed by atoms with Crippen LogP contribution in [0.3, 0.4) is 0 Å². The summed E-state index contributed by atoms with van der Waals surface area (Å²) in [6, 6.07) is 7.68. The second-order valence-electron chi connectivity index (χ2n) is 4.44. The van der Waals surface area contributed by atoms with Crippen molar-refractivity contribution in [3.05, 3.63) is 53.0 Å². The highest BCUT2D eigenvalue weighted by atomic mass is 19.1. The highest BCUT2D eigenvalue weighted by Crippen LogP contribution is 2.16. The van der Waals surface area contributed by atoms with Crippen LogP contribution in [-0.4, -0.2) is 10.9 Å². The topological polar surface area (TPSA) is 80.0 Å². The molecule has 1 amide bonds. The Labute approximate surface area is 116 Å². The summed E-state index contributed by atoms with van der Waals surface area (Å²) in [6.07, 6.45) is 0. The van der Waals surface area contributed by atoms with E-state index < -0.39 is 0 Å². The molecule has 0 spiro atoms. The Morgan fingerprint density at radius 1 is 1.25 bits per heavy atom. The lowest BCUT2D eigenvalue weighted by Gasteiger charge is -2.08. The van der Waals surface area contributed by atoms with Gasteiger partial charge in [0.25, 0.3) is 5.91 Å². The Balaban J connectivity index is 2.23. The molecule has 6 heteroatoms. The summed E-state index contributed by atoms with van der Waals surface area (Å²) in [4.78, 5) is 16.2. The van der Waals surface area contributed by atoms with Gasteiger partial charge in [-0.1, -0.05) is 6.07 Å². The first-order chi connectivity index (χ1) is 9.49. The molecule has 1 heterocycles. The summed E-state index contributed by atoms with van der Waals surface area (Å²) in [5.74, 6) is 4.96. The minimum atomic E-state index is -0.363. The zero-order valence-electron chi connectivity index (χ0n) is 11.2. The van der Waals surface area contributed by atoms with Gasteiger partial charge < -0.3 is 10.7 Å². The number of hydrogen-bond acceptors (Lipinski definition) is 4. The van der Waals surface area contributed by atoms with Gasteiger partial charge >= 0.3 is 0 Å². The summed E-state index contributed by atoms with van der Waals surface area (Å²) < 4.78 is 13.4. The SMILES string of the molecule is Cc1cc(C(=O)Nc2ccc(C)c(F)c2)cc(NN)n1. The molecule has 0 saturated heterocycles. The molecule has 0 atom stereocenters. The molecular weight excluding hydrogens is 259 g/mol. The van der Waals surface area contributed by atoms with Gasteiger partial charge in [0, 0.05) is 16.9 Å². The molecule has 0 saturated carbocycles. The summed E-state index contributed by atoms with van der Waals surface area (Å²) >= 11 is 0. The van der Waals surface area contributed by atoms with E-state index in [0.717, 1.165) is 0 Å². The third kappa shape index (κ3) is 3.10. The molecule has 0 bridgehead atoms. The zero-order chi connectivity index (χ0) is 14.7. The van der Waals surface area contributed by atoms with Gasteiger partial charge in [0.1, 0.15) is 11.6 Å². The van der Waals surface area contributed by atoms with Crippen LogP contribution < -0.4 is 16.6 Å². The van der Waals surface area contributed by atoms with Crippen LogP contribution in [0, 0.1) is 19.7 Å². The number of hydrazine groups is 1. The number of carbonyl (C=O) groups excluding carboxylic acids is 1. The Morgan fingerprint density at radius 2 is 2.00 bits per heavy atom. The lowest BCUT2D eigenvalue weighted by Crippen LogP contribution is -2.15. The molecule has 20 heavy (non-hydrogen) atoms. The Kier molecular flexibility index (Phi) is 3.95. The number of nitrogens with one attached hydrogen (secondary N) is 2. The second kappa shape index (κ2) is 5.66. The number of aryl methyl sites for hydroxylation is 2. The van der Waals surface area contributed by atoms with Crippen molar-refractivity contribution < 1.29 is 9.18 Å². The number of halogens is 1. The number of rotatable bonds is 3. The van der Waals surface area contributed by atoms with Crippen molar-refractivity contribution in [1.29, 1.82) is 0 Å². The largest absolute Gasteiger partial charge is 0.322 e. The van der Waals surface area contributed by atoms with Gasteiger partial charge in [-0.15, -0.1) is 0 Å². The first-order valence-corrected chi connectivity index (χ1v) is 6.02. The number of carbonyl (C=O) groups is 1. The highest BCUT2D eigenvalue weighted by Gasteiger charge is 2.09. The molecular formula is C14H15FN4O. The molecule has 0 fully saturated rings. The van der Waals surface area contributed by atoms with E-state index in [1.165, 1.54) is 12.1 Å². The van der Waals surface area contributed by atoms with Gasteiger partial charge in [0.2, 0.25) is 0 Å². The Bertz CT molecular complexity index is 658. The van der Waals surface area contributed by atoms with Crippen LogP contribution in [0.2, 0.25) is 0 Å². The average Bonchev–Trinajstić information content (AvgIpc) is 2.42. The van der Waals surface area contributed by atoms with Crippen LogP contribution in [0.1, 0.15) is 21.6 Å². The smallest absolute Gasteiger partial charge is 0.255 e. The second-order valence-corrected chi connectivity index (χ2v) is 4.44. The van der Waals surface area contributed by atoms with E-state index in [0.29, 0.717) is 28.3 Å². The van der Waals surface area contributed by atoms with Crippen molar-refractivity contribution in [2.75, 3.05) is 10.7 Å². The van der Waals surface area contributed by atoms with E-state index in [1.807, 2.05) is 0 Å². The molecule has 0 aliphatic rings. The molecule has 0 aliphatic carbocycles. The number of pyridine rings is 1. The summed E-state index contributed by atoms with van der Waals surface area (Å²) in [6.45, 7) is 3.41. The van der Waals surface area contributed by atoms with Gasteiger partial charge in [0.15, 0.2) is 0 Å². The maximum atomic E-state index is 13.4. The van der Waals surface area contributed by atoms with Gasteiger partial charge in [-0.05, 0) is 43.7 Å². The van der Waals surface area contributed by atoms with Crippen molar-refractivity contribution in [2.24, 2.45) is 5.84 Å². The molecule has 0 aliphatic heterocycles. The number of aromatic nitrogens is 1. The number of nitrogens with zero attached hydrogens (tertiary/aromatic N) is 1. The van der Waals surface area contributed by atoms with Crippen LogP contribution in [-0.2, 0) is 0 Å². The molecule has 0 radical (unpaired) electrons. The minimum Gasteiger partial charge on any atom is -0.322 e. The van der Waals surface area contributed by atoms with E-state index in [2.05, 4.69) is 15.7 Å².